The van der Waals surface area contributed by atoms with Crippen LogP contribution in [-0.2, 0) is 9.59 Å². The van der Waals surface area contributed by atoms with Crippen molar-refractivity contribution in [2.45, 2.75) is 90.9 Å². The zero-order valence-corrected chi connectivity index (χ0v) is 19.7. The lowest BCUT2D eigenvalue weighted by atomic mass is 10.1. The fourth-order valence-corrected chi connectivity index (χ4v) is 3.54. The second-order valence-corrected chi connectivity index (χ2v) is 8.33. The van der Waals surface area contributed by atoms with Gasteiger partial charge in [-0.05, 0) is 48.2 Å². The molecular weight excluding hydrogens is 400 g/mol. The Bertz CT molecular complexity index is 724. The van der Waals surface area contributed by atoms with Crippen LogP contribution in [0.4, 0.5) is 0 Å². The first-order valence-electron chi connectivity index (χ1n) is 12.2. The number of esters is 2. The standard InChI is InChI=1S/C28H38O4/c1-3-5-7-9-11-13-27(29)31-25-19-15-23(16-20-25)24-17-21-26(22-18-24)32-28(30)14-12-10-8-6-4-2/h15-22H,3-14H2,1-2H3. The maximum absolute atomic E-state index is 12.0. The van der Waals surface area contributed by atoms with Crippen molar-refractivity contribution in [3.8, 4) is 22.6 Å². The zero-order chi connectivity index (χ0) is 23.0. The maximum Gasteiger partial charge on any atom is 0.311 e. The van der Waals surface area contributed by atoms with Gasteiger partial charge in [-0.15, -0.1) is 0 Å². The first-order chi connectivity index (χ1) is 15.6. The highest BCUT2D eigenvalue weighted by molar-refractivity contribution is 5.74. The molecule has 0 aliphatic heterocycles. The first kappa shape index (κ1) is 25.6. The highest BCUT2D eigenvalue weighted by Gasteiger charge is 2.07. The molecule has 0 N–H and O–H groups in total. The van der Waals surface area contributed by atoms with Crippen molar-refractivity contribution >= 4 is 11.9 Å². The number of rotatable bonds is 15. The largest absolute Gasteiger partial charge is 0.427 e. The van der Waals surface area contributed by atoms with Crippen LogP contribution in [0, 0.1) is 0 Å². The number of ether oxygens (including phenoxy) is 2. The summed E-state index contributed by atoms with van der Waals surface area (Å²) in [6.45, 7) is 4.36. The molecule has 4 heteroatoms. The van der Waals surface area contributed by atoms with E-state index in [1.54, 1.807) is 0 Å². The average Bonchev–Trinajstić information content (AvgIpc) is 2.80. The molecule has 0 saturated heterocycles. The van der Waals surface area contributed by atoms with Crippen LogP contribution in [0.2, 0.25) is 0 Å². The van der Waals surface area contributed by atoms with Crippen molar-refractivity contribution < 1.29 is 19.1 Å². The van der Waals surface area contributed by atoms with Crippen molar-refractivity contribution in [3.05, 3.63) is 48.5 Å². The van der Waals surface area contributed by atoms with Crippen LogP contribution in [0.25, 0.3) is 11.1 Å². The molecule has 2 aromatic carbocycles. The van der Waals surface area contributed by atoms with E-state index in [-0.39, 0.29) is 11.9 Å². The third-order valence-corrected chi connectivity index (χ3v) is 5.47. The van der Waals surface area contributed by atoms with Gasteiger partial charge in [0.2, 0.25) is 0 Å². The first-order valence-corrected chi connectivity index (χ1v) is 12.2. The molecule has 0 amide bonds. The molecular formula is C28H38O4. The molecule has 0 radical (unpaired) electrons. The Morgan fingerprint density at radius 2 is 0.875 bits per heavy atom. The van der Waals surface area contributed by atoms with Crippen LogP contribution in [0.15, 0.2) is 48.5 Å². The molecule has 2 rings (SSSR count). The van der Waals surface area contributed by atoms with Crippen molar-refractivity contribution in [3.63, 3.8) is 0 Å². The highest BCUT2D eigenvalue weighted by Crippen LogP contribution is 2.25. The second kappa shape index (κ2) is 15.2. The van der Waals surface area contributed by atoms with Crippen LogP contribution >= 0.6 is 0 Å². The smallest absolute Gasteiger partial charge is 0.311 e. The van der Waals surface area contributed by atoms with Gasteiger partial charge in [-0.2, -0.15) is 0 Å². The zero-order valence-electron chi connectivity index (χ0n) is 19.7. The van der Waals surface area contributed by atoms with E-state index in [1.807, 2.05) is 48.5 Å². The van der Waals surface area contributed by atoms with Gasteiger partial charge in [0.15, 0.2) is 0 Å². The molecule has 0 bridgehead atoms. The Kier molecular flexibility index (Phi) is 12.2. The van der Waals surface area contributed by atoms with E-state index in [4.69, 9.17) is 9.47 Å². The monoisotopic (exact) mass is 438 g/mol. The van der Waals surface area contributed by atoms with E-state index >= 15 is 0 Å². The summed E-state index contributed by atoms with van der Waals surface area (Å²) >= 11 is 0. The van der Waals surface area contributed by atoms with Gasteiger partial charge in [-0.25, -0.2) is 0 Å². The van der Waals surface area contributed by atoms with E-state index in [0.717, 1.165) is 36.8 Å². The summed E-state index contributed by atoms with van der Waals surface area (Å²) in [6.07, 6.45) is 12.0. The fraction of sp³-hybridized carbons (Fsp3) is 0.500. The Labute approximate surface area is 193 Å². The number of carbonyl (C=O) groups is 2. The Morgan fingerprint density at radius 3 is 1.22 bits per heavy atom. The Balaban J connectivity index is 1.76. The van der Waals surface area contributed by atoms with Gasteiger partial charge in [-0.1, -0.05) is 89.5 Å². The molecule has 4 nitrogen and oxygen atoms in total. The molecule has 0 atom stereocenters. The predicted octanol–water partition coefficient (Wildman–Crippen LogP) is 7.89. The summed E-state index contributed by atoms with van der Waals surface area (Å²) in [6, 6.07) is 15.0. The Morgan fingerprint density at radius 1 is 0.531 bits per heavy atom. The van der Waals surface area contributed by atoms with E-state index in [2.05, 4.69) is 13.8 Å². The van der Waals surface area contributed by atoms with Crippen LogP contribution < -0.4 is 9.47 Å². The van der Waals surface area contributed by atoms with Gasteiger partial charge in [0.25, 0.3) is 0 Å². The molecule has 0 saturated carbocycles. The highest BCUT2D eigenvalue weighted by atomic mass is 16.5. The van der Waals surface area contributed by atoms with Gasteiger partial charge in [-0.3, -0.25) is 9.59 Å². The lowest BCUT2D eigenvalue weighted by molar-refractivity contribution is -0.135. The molecule has 0 fully saturated rings. The number of benzene rings is 2. The molecule has 0 aliphatic carbocycles. The van der Waals surface area contributed by atoms with Crippen molar-refractivity contribution in [1.82, 2.24) is 0 Å². The maximum atomic E-state index is 12.0. The molecule has 0 spiro atoms. The summed E-state index contributed by atoms with van der Waals surface area (Å²) in [4.78, 5) is 23.9. The topological polar surface area (TPSA) is 52.6 Å². The third-order valence-electron chi connectivity index (χ3n) is 5.47. The lowest BCUT2D eigenvalue weighted by Gasteiger charge is -2.08. The van der Waals surface area contributed by atoms with Crippen LogP contribution in [0.5, 0.6) is 11.5 Å². The van der Waals surface area contributed by atoms with E-state index in [9.17, 15) is 9.59 Å². The van der Waals surface area contributed by atoms with E-state index in [0.29, 0.717) is 24.3 Å². The Hall–Kier alpha value is -2.62. The van der Waals surface area contributed by atoms with Crippen LogP contribution in [0.1, 0.15) is 90.9 Å². The summed E-state index contributed by atoms with van der Waals surface area (Å²) in [5.74, 6) is 0.783. The minimum atomic E-state index is -0.175. The minimum Gasteiger partial charge on any atom is -0.427 e. The quantitative estimate of drug-likeness (QED) is 0.161. The van der Waals surface area contributed by atoms with Crippen molar-refractivity contribution in [1.29, 1.82) is 0 Å². The van der Waals surface area contributed by atoms with Crippen molar-refractivity contribution in [2.24, 2.45) is 0 Å². The molecule has 32 heavy (non-hydrogen) atoms. The number of hydrogen-bond acceptors (Lipinski definition) is 4. The number of unbranched alkanes of at least 4 members (excludes halogenated alkanes) is 8. The number of carbonyl (C=O) groups excluding carboxylic acids is 2. The molecule has 0 unspecified atom stereocenters. The summed E-state index contributed by atoms with van der Waals surface area (Å²) in [5.41, 5.74) is 2.02. The average molecular weight is 439 g/mol. The molecule has 0 aromatic heterocycles. The fourth-order valence-electron chi connectivity index (χ4n) is 3.54. The van der Waals surface area contributed by atoms with Crippen molar-refractivity contribution in [2.75, 3.05) is 0 Å². The molecule has 0 aliphatic rings. The van der Waals surface area contributed by atoms with Gasteiger partial charge in [0.05, 0.1) is 0 Å². The summed E-state index contributed by atoms with van der Waals surface area (Å²) in [5, 5.41) is 0. The SMILES string of the molecule is CCCCCCCC(=O)Oc1ccc(-c2ccc(OC(=O)CCCCCCC)cc2)cc1. The summed E-state index contributed by atoms with van der Waals surface area (Å²) in [7, 11) is 0. The third kappa shape index (κ3) is 10.1. The van der Waals surface area contributed by atoms with Gasteiger partial charge < -0.3 is 9.47 Å². The van der Waals surface area contributed by atoms with Crippen LogP contribution in [0.3, 0.4) is 0 Å². The number of hydrogen-bond donors (Lipinski definition) is 0. The predicted molar refractivity (Wildman–Crippen MR) is 130 cm³/mol. The molecule has 2 aromatic rings. The second-order valence-electron chi connectivity index (χ2n) is 8.33. The van der Waals surface area contributed by atoms with Crippen LogP contribution in [-0.4, -0.2) is 11.9 Å². The van der Waals surface area contributed by atoms with E-state index in [1.165, 1.54) is 38.5 Å². The van der Waals surface area contributed by atoms with E-state index < -0.39 is 0 Å². The summed E-state index contributed by atoms with van der Waals surface area (Å²) < 4.78 is 10.9. The van der Waals surface area contributed by atoms with Gasteiger partial charge in [0.1, 0.15) is 11.5 Å². The lowest BCUT2D eigenvalue weighted by Crippen LogP contribution is -2.07. The minimum absolute atomic E-state index is 0.175. The molecule has 0 heterocycles. The van der Waals surface area contributed by atoms with Gasteiger partial charge in [0, 0.05) is 12.8 Å². The normalized spacial score (nSPS) is 10.7. The molecule has 174 valence electrons. The van der Waals surface area contributed by atoms with Gasteiger partial charge >= 0.3 is 11.9 Å².